The molecule has 5 nitrogen and oxygen atoms in total. The second-order valence-electron chi connectivity index (χ2n) is 5.28. The van der Waals surface area contributed by atoms with Crippen molar-refractivity contribution in [3.05, 3.63) is 53.6 Å². The van der Waals surface area contributed by atoms with E-state index in [1.165, 1.54) is 7.11 Å². The second-order valence-corrected chi connectivity index (χ2v) is 5.69. The predicted molar refractivity (Wildman–Crippen MR) is 95.1 cm³/mol. The third-order valence-electron chi connectivity index (χ3n) is 3.63. The summed E-state index contributed by atoms with van der Waals surface area (Å²) >= 11 is 6.27. The average Bonchev–Trinajstić information content (AvgIpc) is 2.61. The minimum atomic E-state index is -0.535. The molecule has 0 amide bonds. The summed E-state index contributed by atoms with van der Waals surface area (Å²) in [5, 5.41) is 4.49. The number of carbonyl (C=O) groups is 1. The number of para-hydroxylation sites is 1. The van der Waals surface area contributed by atoms with E-state index in [9.17, 15) is 4.79 Å². The molecule has 0 spiro atoms. The summed E-state index contributed by atoms with van der Waals surface area (Å²) in [4.78, 5) is 20.9. The van der Waals surface area contributed by atoms with Gasteiger partial charge in [0.05, 0.1) is 17.6 Å². The van der Waals surface area contributed by atoms with E-state index < -0.39 is 6.04 Å². The van der Waals surface area contributed by atoms with Gasteiger partial charge in [-0.15, -0.1) is 0 Å². The first-order valence-corrected chi connectivity index (χ1v) is 7.84. The molecule has 0 radical (unpaired) electrons. The van der Waals surface area contributed by atoms with Crippen LogP contribution >= 0.6 is 11.6 Å². The van der Waals surface area contributed by atoms with E-state index in [2.05, 4.69) is 15.3 Å². The Balaban J connectivity index is 2.13. The minimum Gasteiger partial charge on any atom is -0.467 e. The standard InChI is InChI=1S/C18H16ClN3O2/c1-11(18(23)24-2)20-17-13-8-4-6-10-15(13)21-16(22-17)12-7-3-5-9-14(12)19/h3-11H,1-2H3,(H,20,21,22)/t11-/m1/s1. The van der Waals surface area contributed by atoms with Crippen molar-refractivity contribution in [3.8, 4) is 11.4 Å². The number of carbonyl (C=O) groups excluding carboxylic acids is 1. The smallest absolute Gasteiger partial charge is 0.328 e. The third-order valence-corrected chi connectivity index (χ3v) is 3.96. The van der Waals surface area contributed by atoms with Gasteiger partial charge in [-0.25, -0.2) is 14.8 Å². The molecule has 0 aliphatic rings. The first kappa shape index (κ1) is 16.2. The molecular formula is C18H16ClN3O2. The van der Waals surface area contributed by atoms with Gasteiger partial charge < -0.3 is 10.1 Å². The largest absolute Gasteiger partial charge is 0.467 e. The molecule has 1 atom stereocenters. The minimum absolute atomic E-state index is 0.364. The monoisotopic (exact) mass is 341 g/mol. The SMILES string of the molecule is COC(=O)[C@@H](C)Nc1nc(-c2ccccc2Cl)nc2ccccc12. The van der Waals surface area contributed by atoms with Crippen LogP contribution in [0.2, 0.25) is 5.02 Å². The van der Waals surface area contributed by atoms with Crippen LogP contribution in [0.1, 0.15) is 6.92 Å². The zero-order valence-electron chi connectivity index (χ0n) is 13.3. The van der Waals surface area contributed by atoms with Crippen LogP contribution in [-0.2, 0) is 9.53 Å². The lowest BCUT2D eigenvalue weighted by Gasteiger charge is -2.15. The molecule has 3 aromatic rings. The Morgan fingerprint density at radius 3 is 2.58 bits per heavy atom. The number of rotatable bonds is 4. The Morgan fingerprint density at radius 1 is 1.12 bits per heavy atom. The molecule has 0 aliphatic carbocycles. The summed E-state index contributed by atoms with van der Waals surface area (Å²) in [6.07, 6.45) is 0. The number of methoxy groups -OCH3 is 1. The zero-order chi connectivity index (χ0) is 17.1. The summed E-state index contributed by atoms with van der Waals surface area (Å²) in [7, 11) is 1.35. The number of ether oxygens (including phenoxy) is 1. The van der Waals surface area contributed by atoms with Crippen LogP contribution in [0.25, 0.3) is 22.3 Å². The zero-order valence-corrected chi connectivity index (χ0v) is 14.0. The third kappa shape index (κ3) is 3.16. The summed E-state index contributed by atoms with van der Waals surface area (Å²) in [6, 6.07) is 14.4. The Morgan fingerprint density at radius 2 is 1.83 bits per heavy atom. The van der Waals surface area contributed by atoms with Crippen molar-refractivity contribution in [2.45, 2.75) is 13.0 Å². The second kappa shape index (κ2) is 6.84. The van der Waals surface area contributed by atoms with Crippen molar-refractivity contribution in [3.63, 3.8) is 0 Å². The van der Waals surface area contributed by atoms with E-state index in [-0.39, 0.29) is 5.97 Å². The van der Waals surface area contributed by atoms with E-state index in [0.717, 1.165) is 16.5 Å². The summed E-state index contributed by atoms with van der Waals surface area (Å²) < 4.78 is 4.76. The first-order valence-electron chi connectivity index (χ1n) is 7.46. The van der Waals surface area contributed by atoms with Crippen molar-refractivity contribution < 1.29 is 9.53 Å². The van der Waals surface area contributed by atoms with Gasteiger partial charge in [0.1, 0.15) is 11.9 Å². The van der Waals surface area contributed by atoms with Crippen LogP contribution < -0.4 is 5.32 Å². The molecule has 122 valence electrons. The van der Waals surface area contributed by atoms with Gasteiger partial charge in [-0.1, -0.05) is 35.9 Å². The van der Waals surface area contributed by atoms with Crippen molar-refractivity contribution in [1.29, 1.82) is 0 Å². The van der Waals surface area contributed by atoms with E-state index in [4.69, 9.17) is 16.3 Å². The maximum absolute atomic E-state index is 11.7. The number of esters is 1. The van der Waals surface area contributed by atoms with Gasteiger partial charge in [0.25, 0.3) is 0 Å². The molecule has 24 heavy (non-hydrogen) atoms. The van der Waals surface area contributed by atoms with Gasteiger partial charge in [-0.2, -0.15) is 0 Å². The van der Waals surface area contributed by atoms with Crippen molar-refractivity contribution >= 4 is 34.3 Å². The fourth-order valence-corrected chi connectivity index (χ4v) is 2.61. The molecule has 0 fully saturated rings. The molecule has 6 heteroatoms. The number of hydrogen-bond donors (Lipinski definition) is 1. The highest BCUT2D eigenvalue weighted by Gasteiger charge is 2.17. The number of fused-ring (bicyclic) bond motifs is 1. The topological polar surface area (TPSA) is 64.1 Å². The lowest BCUT2D eigenvalue weighted by Crippen LogP contribution is -2.27. The molecule has 0 bridgehead atoms. The normalized spacial score (nSPS) is 12.0. The molecule has 1 N–H and O–H groups in total. The highest BCUT2D eigenvalue weighted by atomic mass is 35.5. The first-order chi connectivity index (χ1) is 11.6. The van der Waals surface area contributed by atoms with Gasteiger partial charge in [-0.3, -0.25) is 0 Å². The highest BCUT2D eigenvalue weighted by molar-refractivity contribution is 6.33. The predicted octanol–water partition coefficient (Wildman–Crippen LogP) is 3.92. The maximum atomic E-state index is 11.7. The van der Waals surface area contributed by atoms with E-state index in [1.54, 1.807) is 13.0 Å². The molecule has 2 aromatic carbocycles. The quantitative estimate of drug-likeness (QED) is 0.728. The summed E-state index contributed by atoms with van der Waals surface area (Å²) in [6.45, 7) is 1.72. The fourth-order valence-electron chi connectivity index (χ4n) is 2.39. The van der Waals surface area contributed by atoms with E-state index in [1.807, 2.05) is 42.5 Å². The Labute approximate surface area is 144 Å². The Bertz CT molecular complexity index is 898. The summed E-state index contributed by atoms with van der Waals surface area (Å²) in [5.74, 6) is 0.698. The number of benzene rings is 2. The van der Waals surface area contributed by atoms with Crippen LogP contribution in [0.15, 0.2) is 48.5 Å². The van der Waals surface area contributed by atoms with Crippen molar-refractivity contribution in [2.75, 3.05) is 12.4 Å². The Hall–Kier alpha value is -2.66. The molecule has 0 unspecified atom stereocenters. The van der Waals surface area contributed by atoms with Crippen LogP contribution in [0.5, 0.6) is 0 Å². The number of aromatic nitrogens is 2. The lowest BCUT2D eigenvalue weighted by atomic mass is 10.1. The number of anilines is 1. The van der Waals surface area contributed by atoms with Crippen LogP contribution in [0, 0.1) is 0 Å². The van der Waals surface area contributed by atoms with Crippen LogP contribution in [-0.4, -0.2) is 29.1 Å². The number of halogens is 1. The van der Waals surface area contributed by atoms with Crippen LogP contribution in [0.4, 0.5) is 5.82 Å². The fraction of sp³-hybridized carbons (Fsp3) is 0.167. The highest BCUT2D eigenvalue weighted by Crippen LogP contribution is 2.29. The molecule has 1 aromatic heterocycles. The van der Waals surface area contributed by atoms with Gasteiger partial charge in [0, 0.05) is 10.9 Å². The molecule has 0 saturated carbocycles. The molecular weight excluding hydrogens is 326 g/mol. The number of hydrogen-bond acceptors (Lipinski definition) is 5. The molecule has 0 aliphatic heterocycles. The van der Waals surface area contributed by atoms with Gasteiger partial charge in [-0.05, 0) is 31.2 Å². The van der Waals surface area contributed by atoms with Crippen molar-refractivity contribution in [2.24, 2.45) is 0 Å². The van der Waals surface area contributed by atoms with Crippen molar-refractivity contribution in [1.82, 2.24) is 9.97 Å². The number of nitrogens with one attached hydrogen (secondary N) is 1. The molecule has 3 rings (SSSR count). The summed E-state index contributed by atoms with van der Waals surface area (Å²) in [5.41, 5.74) is 1.50. The number of nitrogens with zero attached hydrogens (tertiary/aromatic N) is 2. The van der Waals surface area contributed by atoms with Gasteiger partial charge in [0.15, 0.2) is 5.82 Å². The van der Waals surface area contributed by atoms with Gasteiger partial charge in [0.2, 0.25) is 0 Å². The molecule has 1 heterocycles. The Kier molecular flexibility index (Phi) is 4.62. The maximum Gasteiger partial charge on any atom is 0.328 e. The van der Waals surface area contributed by atoms with Gasteiger partial charge >= 0.3 is 5.97 Å². The van der Waals surface area contributed by atoms with Crippen LogP contribution in [0.3, 0.4) is 0 Å². The van der Waals surface area contributed by atoms with E-state index >= 15 is 0 Å². The average molecular weight is 342 g/mol. The molecule has 0 saturated heterocycles. The van der Waals surface area contributed by atoms with E-state index in [0.29, 0.717) is 16.7 Å². The lowest BCUT2D eigenvalue weighted by molar-refractivity contribution is -0.141.